The molecule has 6 nitrogen and oxygen atoms in total. The zero-order chi connectivity index (χ0) is 43.7. The van der Waals surface area contributed by atoms with Crippen LogP contribution in [0.5, 0.6) is 0 Å². The fourth-order valence-corrected chi connectivity index (χ4v) is 7.97. The summed E-state index contributed by atoms with van der Waals surface area (Å²) in [5, 5.41) is 0. The Morgan fingerprint density at radius 1 is 0.317 bits per heavy atom. The van der Waals surface area contributed by atoms with E-state index in [1.165, 1.54) is 199 Å². The number of carbonyl (C=O) groups excluding carboxylic acids is 3. The first-order valence-electron chi connectivity index (χ1n) is 26.7. The molecular formula is C54H102O6. The highest BCUT2D eigenvalue weighted by Gasteiger charge is 2.19. The second-order valence-electron chi connectivity index (χ2n) is 18.2. The van der Waals surface area contributed by atoms with Gasteiger partial charge in [0.2, 0.25) is 0 Å². The molecule has 0 radical (unpaired) electrons. The second kappa shape index (κ2) is 49.8. The van der Waals surface area contributed by atoms with Crippen molar-refractivity contribution >= 4 is 17.9 Å². The zero-order valence-electron chi connectivity index (χ0n) is 40.5. The summed E-state index contributed by atoms with van der Waals surface area (Å²) >= 11 is 0. The first kappa shape index (κ1) is 58.1. The van der Waals surface area contributed by atoms with Crippen LogP contribution in [0.15, 0.2) is 12.2 Å². The first-order valence-corrected chi connectivity index (χ1v) is 26.7. The van der Waals surface area contributed by atoms with E-state index in [1.807, 2.05) is 0 Å². The summed E-state index contributed by atoms with van der Waals surface area (Å²) in [6, 6.07) is 0. The van der Waals surface area contributed by atoms with Crippen LogP contribution in [0, 0.1) is 0 Å². The van der Waals surface area contributed by atoms with Crippen LogP contribution in [0.3, 0.4) is 0 Å². The summed E-state index contributed by atoms with van der Waals surface area (Å²) in [4.78, 5) is 38.0. The molecule has 60 heavy (non-hydrogen) atoms. The van der Waals surface area contributed by atoms with Gasteiger partial charge in [0, 0.05) is 19.3 Å². The zero-order valence-corrected chi connectivity index (χ0v) is 40.5. The van der Waals surface area contributed by atoms with Crippen molar-refractivity contribution in [3.05, 3.63) is 12.2 Å². The van der Waals surface area contributed by atoms with Crippen molar-refractivity contribution in [2.24, 2.45) is 0 Å². The normalized spacial score (nSPS) is 12.0. The molecule has 0 aromatic rings. The monoisotopic (exact) mass is 847 g/mol. The molecule has 0 amide bonds. The standard InChI is InChI=1S/C54H102O6/c1-4-7-10-13-16-19-22-25-26-27-28-30-33-35-38-41-44-47-53(56)59-50-51(60-54(57)48-45-42-39-36-31-24-21-18-15-12-9-6-3)49-58-52(55)46-43-40-37-34-32-29-23-20-17-14-11-8-5-2/h25-26,51H,4-24,27-50H2,1-3H3/b26-25-/t51-/m0/s1. The molecule has 0 aromatic carbocycles. The van der Waals surface area contributed by atoms with Crippen molar-refractivity contribution < 1.29 is 28.6 Å². The van der Waals surface area contributed by atoms with E-state index < -0.39 is 6.10 Å². The minimum atomic E-state index is -0.764. The molecule has 0 saturated heterocycles. The first-order chi connectivity index (χ1) is 29.5. The molecule has 354 valence electrons. The third-order valence-electron chi connectivity index (χ3n) is 12.0. The van der Waals surface area contributed by atoms with Crippen LogP contribution in [-0.2, 0) is 28.6 Å². The molecule has 0 unspecified atom stereocenters. The van der Waals surface area contributed by atoms with Crippen molar-refractivity contribution in [3.8, 4) is 0 Å². The predicted molar refractivity (Wildman–Crippen MR) is 256 cm³/mol. The van der Waals surface area contributed by atoms with E-state index >= 15 is 0 Å². The highest BCUT2D eigenvalue weighted by atomic mass is 16.6. The number of unbranched alkanes of at least 4 members (excludes halogenated alkanes) is 36. The topological polar surface area (TPSA) is 78.9 Å². The summed E-state index contributed by atoms with van der Waals surface area (Å²) in [5.41, 5.74) is 0. The van der Waals surface area contributed by atoms with E-state index in [9.17, 15) is 14.4 Å². The second-order valence-corrected chi connectivity index (χ2v) is 18.2. The van der Waals surface area contributed by atoms with Gasteiger partial charge in [-0.3, -0.25) is 14.4 Å². The van der Waals surface area contributed by atoms with Crippen molar-refractivity contribution in [2.75, 3.05) is 13.2 Å². The van der Waals surface area contributed by atoms with Gasteiger partial charge in [0.1, 0.15) is 13.2 Å². The highest BCUT2D eigenvalue weighted by Crippen LogP contribution is 2.16. The van der Waals surface area contributed by atoms with Crippen LogP contribution in [0.1, 0.15) is 297 Å². The van der Waals surface area contributed by atoms with Gasteiger partial charge < -0.3 is 14.2 Å². The lowest BCUT2D eigenvalue weighted by molar-refractivity contribution is -0.167. The maximum Gasteiger partial charge on any atom is 0.306 e. The Balaban J connectivity index is 4.30. The molecule has 0 saturated carbocycles. The summed E-state index contributed by atoms with van der Waals surface area (Å²) < 4.78 is 16.8. The average Bonchev–Trinajstić information content (AvgIpc) is 3.24. The minimum absolute atomic E-state index is 0.0658. The molecular weight excluding hydrogens is 745 g/mol. The van der Waals surface area contributed by atoms with Gasteiger partial charge in [-0.15, -0.1) is 0 Å². The Kier molecular flexibility index (Phi) is 48.3. The van der Waals surface area contributed by atoms with E-state index in [1.54, 1.807) is 0 Å². The van der Waals surface area contributed by atoms with Crippen LogP contribution in [-0.4, -0.2) is 37.2 Å². The Morgan fingerprint density at radius 3 is 0.833 bits per heavy atom. The minimum Gasteiger partial charge on any atom is -0.462 e. The molecule has 6 heteroatoms. The summed E-state index contributed by atoms with van der Waals surface area (Å²) in [7, 11) is 0. The number of carbonyl (C=O) groups is 3. The van der Waals surface area contributed by atoms with Gasteiger partial charge in [-0.05, 0) is 44.9 Å². The average molecular weight is 847 g/mol. The van der Waals surface area contributed by atoms with E-state index in [-0.39, 0.29) is 31.1 Å². The fraction of sp³-hybridized carbons (Fsp3) is 0.907. The number of hydrogen-bond acceptors (Lipinski definition) is 6. The lowest BCUT2D eigenvalue weighted by atomic mass is 10.0. The van der Waals surface area contributed by atoms with Crippen molar-refractivity contribution in [1.29, 1.82) is 0 Å². The van der Waals surface area contributed by atoms with E-state index in [0.29, 0.717) is 19.3 Å². The summed E-state index contributed by atoms with van der Waals surface area (Å²) in [6.07, 6.45) is 54.8. The van der Waals surface area contributed by atoms with E-state index in [0.717, 1.165) is 57.8 Å². The van der Waals surface area contributed by atoms with Gasteiger partial charge in [-0.25, -0.2) is 0 Å². The van der Waals surface area contributed by atoms with Gasteiger partial charge in [0.25, 0.3) is 0 Å². The molecule has 0 rings (SSSR count). The molecule has 0 aliphatic carbocycles. The van der Waals surface area contributed by atoms with Crippen LogP contribution in [0.2, 0.25) is 0 Å². The third-order valence-corrected chi connectivity index (χ3v) is 12.0. The molecule has 0 aliphatic rings. The molecule has 0 bridgehead atoms. The van der Waals surface area contributed by atoms with Crippen LogP contribution < -0.4 is 0 Å². The van der Waals surface area contributed by atoms with Crippen molar-refractivity contribution in [2.45, 2.75) is 303 Å². The Bertz CT molecular complexity index is 931. The highest BCUT2D eigenvalue weighted by molar-refractivity contribution is 5.71. The molecule has 0 fully saturated rings. The molecule has 0 spiro atoms. The maximum absolute atomic E-state index is 12.8. The number of ether oxygens (including phenoxy) is 3. The number of esters is 3. The lowest BCUT2D eigenvalue weighted by Gasteiger charge is -2.18. The van der Waals surface area contributed by atoms with E-state index in [4.69, 9.17) is 14.2 Å². The Morgan fingerprint density at radius 2 is 0.550 bits per heavy atom. The molecule has 0 heterocycles. The van der Waals surface area contributed by atoms with Crippen LogP contribution in [0.4, 0.5) is 0 Å². The van der Waals surface area contributed by atoms with Gasteiger partial charge >= 0.3 is 17.9 Å². The number of allylic oxidation sites excluding steroid dienone is 2. The smallest absolute Gasteiger partial charge is 0.306 e. The fourth-order valence-electron chi connectivity index (χ4n) is 7.97. The molecule has 0 aromatic heterocycles. The number of hydrogen-bond donors (Lipinski definition) is 0. The number of rotatable bonds is 49. The summed E-state index contributed by atoms with van der Waals surface area (Å²) in [6.45, 7) is 6.66. The van der Waals surface area contributed by atoms with Crippen molar-refractivity contribution in [3.63, 3.8) is 0 Å². The lowest BCUT2D eigenvalue weighted by Crippen LogP contribution is -2.30. The third kappa shape index (κ3) is 47.2. The quantitative estimate of drug-likeness (QED) is 0.0263. The van der Waals surface area contributed by atoms with Gasteiger partial charge in [0.05, 0.1) is 0 Å². The van der Waals surface area contributed by atoms with Gasteiger partial charge in [-0.1, -0.05) is 245 Å². The largest absolute Gasteiger partial charge is 0.462 e. The predicted octanol–water partition coefficient (Wildman–Crippen LogP) is 17.4. The van der Waals surface area contributed by atoms with Gasteiger partial charge in [0.15, 0.2) is 6.10 Å². The van der Waals surface area contributed by atoms with E-state index in [2.05, 4.69) is 32.9 Å². The van der Waals surface area contributed by atoms with Crippen LogP contribution >= 0.6 is 0 Å². The Labute approximate surface area is 373 Å². The molecule has 0 aliphatic heterocycles. The summed E-state index contributed by atoms with van der Waals surface area (Å²) in [5.74, 6) is -0.853. The SMILES string of the molecule is CCCCCCCC/C=C\CCCCCCCCCC(=O)OC[C@H](COC(=O)CCCCCCCCCCCCCCC)OC(=O)CCCCCCCCCCCCCC. The van der Waals surface area contributed by atoms with Crippen LogP contribution in [0.25, 0.3) is 0 Å². The Hall–Kier alpha value is -1.85. The molecule has 1 atom stereocenters. The van der Waals surface area contributed by atoms with Gasteiger partial charge in [-0.2, -0.15) is 0 Å². The maximum atomic E-state index is 12.8. The van der Waals surface area contributed by atoms with Crippen molar-refractivity contribution in [1.82, 2.24) is 0 Å². The molecule has 0 N–H and O–H groups in total.